The Morgan fingerprint density at radius 1 is 0.978 bits per heavy atom. The topological polar surface area (TPSA) is 79.6 Å². The number of ether oxygens (including phenoxy) is 2. The number of benzene rings is 1. The summed E-state index contributed by atoms with van der Waals surface area (Å²) in [6.45, 7) is 20.1. The Kier molecular flexibility index (Phi) is 7.68. The summed E-state index contributed by atoms with van der Waals surface area (Å²) in [5.41, 5.74) is 7.22. The van der Waals surface area contributed by atoms with Crippen molar-refractivity contribution >= 4 is 40.6 Å². The van der Waals surface area contributed by atoms with E-state index in [2.05, 4.69) is 68.2 Å². The number of carbonyl (C=O) groups is 2. The molecule has 5 heterocycles. The number of hydrogen-bond donors (Lipinski definition) is 0. The van der Waals surface area contributed by atoms with Crippen LogP contribution in [-0.4, -0.2) is 74.4 Å². The summed E-state index contributed by atoms with van der Waals surface area (Å²) in [4.78, 5) is 31.2. The summed E-state index contributed by atoms with van der Waals surface area (Å²) in [5, 5.41) is 7.66. The zero-order chi connectivity index (χ0) is 33.5. The molecule has 1 aromatic carbocycles. The third-order valence-corrected chi connectivity index (χ3v) is 9.43. The van der Waals surface area contributed by atoms with E-state index in [1.807, 2.05) is 64.8 Å². The third kappa shape index (κ3) is 5.52. The molecule has 0 radical (unpaired) electrons. The summed E-state index contributed by atoms with van der Waals surface area (Å²) < 4.78 is 13.6. The van der Waals surface area contributed by atoms with Gasteiger partial charge in [-0.1, -0.05) is 26.0 Å². The van der Waals surface area contributed by atoms with E-state index in [1.54, 1.807) is 4.57 Å². The Hall–Kier alpha value is -4.01. The summed E-state index contributed by atoms with van der Waals surface area (Å²) in [7, 11) is 2.03. The quantitative estimate of drug-likeness (QED) is 0.341. The minimum atomic E-state index is -0.663. The highest BCUT2D eigenvalue weighted by molar-refractivity contribution is 6.01. The fourth-order valence-electron chi connectivity index (χ4n) is 7.44. The molecule has 3 atom stereocenters. The molecule has 9 nitrogen and oxygen atoms in total. The second-order valence-electron chi connectivity index (χ2n) is 15.5. The molecular weight excluding hydrogens is 578 g/mol. The maximum Gasteiger partial charge on any atom is 0.419 e. The van der Waals surface area contributed by atoms with Crippen molar-refractivity contribution in [2.24, 2.45) is 5.10 Å². The Morgan fingerprint density at radius 2 is 1.65 bits per heavy atom. The first-order chi connectivity index (χ1) is 21.4. The van der Waals surface area contributed by atoms with Crippen molar-refractivity contribution in [2.75, 3.05) is 7.05 Å². The van der Waals surface area contributed by atoms with Gasteiger partial charge in [0.15, 0.2) is 0 Å². The lowest BCUT2D eigenvalue weighted by molar-refractivity contribution is 0.0174. The highest BCUT2D eigenvalue weighted by atomic mass is 16.6. The van der Waals surface area contributed by atoms with Gasteiger partial charge in [-0.05, 0) is 121 Å². The number of hydrazone groups is 1. The molecule has 1 aromatic heterocycles. The lowest BCUT2D eigenvalue weighted by Gasteiger charge is -2.35. The van der Waals surface area contributed by atoms with Crippen LogP contribution in [0.25, 0.3) is 22.0 Å². The molecule has 2 aromatic rings. The Morgan fingerprint density at radius 3 is 2.28 bits per heavy atom. The van der Waals surface area contributed by atoms with Crippen LogP contribution in [0, 0.1) is 0 Å². The van der Waals surface area contributed by atoms with Gasteiger partial charge >= 0.3 is 12.2 Å². The minimum absolute atomic E-state index is 0.0149. The van der Waals surface area contributed by atoms with Gasteiger partial charge < -0.3 is 14.4 Å². The average Bonchev–Trinajstić information content (AvgIpc) is 3.57. The van der Waals surface area contributed by atoms with Crippen LogP contribution in [0.4, 0.5) is 9.59 Å². The molecule has 1 saturated heterocycles. The largest absolute Gasteiger partial charge is 0.444 e. The van der Waals surface area contributed by atoms with Crippen LogP contribution in [0.3, 0.4) is 0 Å². The molecule has 0 aliphatic carbocycles. The molecule has 0 saturated carbocycles. The van der Waals surface area contributed by atoms with Gasteiger partial charge in [0, 0.05) is 30.2 Å². The number of rotatable bonds is 3. The summed E-state index contributed by atoms with van der Waals surface area (Å²) >= 11 is 0. The highest BCUT2D eigenvalue weighted by Crippen LogP contribution is 2.45. The van der Waals surface area contributed by atoms with Gasteiger partial charge in [0.05, 0.1) is 17.3 Å². The van der Waals surface area contributed by atoms with E-state index in [9.17, 15) is 9.59 Å². The summed E-state index contributed by atoms with van der Waals surface area (Å²) in [5.74, 6) is 0.118. The van der Waals surface area contributed by atoms with E-state index < -0.39 is 17.3 Å². The molecule has 0 N–H and O–H groups in total. The molecule has 246 valence electrons. The fraction of sp³-hybridized carbons (Fsp3) is 0.541. The molecule has 46 heavy (non-hydrogen) atoms. The van der Waals surface area contributed by atoms with Crippen molar-refractivity contribution in [2.45, 2.75) is 124 Å². The van der Waals surface area contributed by atoms with Gasteiger partial charge in [0.1, 0.15) is 23.7 Å². The van der Waals surface area contributed by atoms with Crippen LogP contribution in [-0.2, 0) is 9.47 Å². The van der Waals surface area contributed by atoms with E-state index in [0.717, 1.165) is 58.1 Å². The van der Waals surface area contributed by atoms with Crippen LogP contribution >= 0.6 is 0 Å². The highest BCUT2D eigenvalue weighted by Gasteiger charge is 2.42. The smallest absolute Gasteiger partial charge is 0.419 e. The maximum absolute atomic E-state index is 14.1. The molecule has 9 heteroatoms. The number of carbonyl (C=O) groups excluding carboxylic acids is 2. The van der Waals surface area contributed by atoms with Crippen molar-refractivity contribution < 1.29 is 19.1 Å². The molecular formula is C37H49N5O4. The van der Waals surface area contributed by atoms with E-state index >= 15 is 0 Å². The van der Waals surface area contributed by atoms with Gasteiger partial charge in [-0.3, -0.25) is 4.90 Å². The van der Waals surface area contributed by atoms with Crippen LogP contribution in [0.15, 0.2) is 46.7 Å². The summed E-state index contributed by atoms with van der Waals surface area (Å²) in [6, 6.07) is 6.54. The Labute approximate surface area is 273 Å². The van der Waals surface area contributed by atoms with Crippen molar-refractivity contribution in [1.29, 1.82) is 0 Å². The fourth-order valence-corrected chi connectivity index (χ4v) is 7.44. The van der Waals surface area contributed by atoms with E-state index in [0.29, 0.717) is 0 Å². The number of hydrogen-bond acceptors (Lipinski definition) is 7. The van der Waals surface area contributed by atoms with Gasteiger partial charge in [-0.25, -0.2) is 19.2 Å². The van der Waals surface area contributed by atoms with Crippen molar-refractivity contribution in [3.8, 4) is 0 Å². The lowest BCUT2D eigenvalue weighted by atomic mass is 9.88. The molecule has 1 fully saturated rings. The second-order valence-corrected chi connectivity index (χ2v) is 15.5. The normalized spacial score (nSPS) is 23.0. The monoisotopic (exact) mass is 627 g/mol. The maximum atomic E-state index is 14.1. The molecule has 2 bridgehead atoms. The average molecular weight is 628 g/mol. The lowest BCUT2D eigenvalue weighted by Crippen LogP contribution is -2.45. The Balaban J connectivity index is 1.50. The number of amides is 1. The number of allylic oxidation sites excluding steroid dienone is 2. The third-order valence-electron chi connectivity index (χ3n) is 9.43. The molecule has 4 aliphatic rings. The number of fused-ring (bicyclic) bond motifs is 4. The first kappa shape index (κ1) is 32.0. The van der Waals surface area contributed by atoms with Crippen molar-refractivity contribution in [3.63, 3.8) is 0 Å². The standard InChI is InChI=1S/C37H49N5O4/c1-21(2)31-28-18-24(25-16-26-13-14-27(17-25)41(26)34(43)45-36(5,6)7)12-15-30(28)42(35(44)46-37(8,9)10)32(31)29-19-40-33(23(4)22(29)3)39(11)20-38-40/h12,15-16,18-21,26-27,33H,13-14,17H2,1-11H3. The van der Waals surface area contributed by atoms with Gasteiger partial charge in [0.25, 0.3) is 0 Å². The van der Waals surface area contributed by atoms with E-state index in [4.69, 9.17) is 9.47 Å². The van der Waals surface area contributed by atoms with Crippen molar-refractivity contribution in [3.05, 3.63) is 58.4 Å². The minimum Gasteiger partial charge on any atom is -0.444 e. The predicted octanol–water partition coefficient (Wildman–Crippen LogP) is 8.31. The van der Waals surface area contributed by atoms with E-state index in [-0.39, 0.29) is 30.3 Å². The van der Waals surface area contributed by atoms with Gasteiger partial charge in [-0.15, -0.1) is 0 Å². The Bertz CT molecular complexity index is 1730. The predicted molar refractivity (Wildman–Crippen MR) is 183 cm³/mol. The van der Waals surface area contributed by atoms with Crippen LogP contribution < -0.4 is 0 Å². The zero-order valence-electron chi connectivity index (χ0n) is 29.3. The van der Waals surface area contributed by atoms with Crippen LogP contribution in [0.2, 0.25) is 0 Å². The zero-order valence-corrected chi connectivity index (χ0v) is 29.3. The summed E-state index contributed by atoms with van der Waals surface area (Å²) in [6.07, 6.45) is 8.20. The number of nitrogens with zero attached hydrogens (tertiary/aromatic N) is 5. The molecule has 4 aliphatic heterocycles. The molecule has 6 rings (SSSR count). The molecule has 1 amide bonds. The number of likely N-dealkylation sites (N-methyl/N-ethyl adjacent to an activating group) is 1. The first-order valence-corrected chi connectivity index (χ1v) is 16.5. The van der Waals surface area contributed by atoms with Crippen LogP contribution in [0.1, 0.15) is 111 Å². The van der Waals surface area contributed by atoms with Crippen molar-refractivity contribution in [1.82, 2.24) is 19.4 Å². The molecule has 0 spiro atoms. The second kappa shape index (κ2) is 11.1. The van der Waals surface area contributed by atoms with E-state index in [1.165, 1.54) is 11.1 Å². The van der Waals surface area contributed by atoms with Gasteiger partial charge in [-0.2, -0.15) is 5.10 Å². The SMILES string of the molecule is CC1=C(C)C2N(C)C=NN2C=C1c1c(C(C)C)c2cc(C3=CC4CCC(C3)N4C(=O)OC(C)(C)C)ccc2n1C(=O)OC(C)(C)C. The number of aromatic nitrogens is 1. The van der Waals surface area contributed by atoms with Crippen LogP contribution in [0.5, 0.6) is 0 Å². The first-order valence-electron chi connectivity index (χ1n) is 16.5. The van der Waals surface area contributed by atoms with Gasteiger partial charge in [0.2, 0.25) is 0 Å². The molecule has 3 unspecified atom stereocenters.